The van der Waals surface area contributed by atoms with Crippen molar-refractivity contribution in [2.24, 2.45) is 0 Å². The first kappa shape index (κ1) is 14.8. The van der Waals surface area contributed by atoms with Gasteiger partial charge in [0.1, 0.15) is 0 Å². The molecule has 4 heteroatoms. The van der Waals surface area contributed by atoms with Crippen LogP contribution in [-0.4, -0.2) is 11.4 Å². The first-order valence-corrected chi connectivity index (χ1v) is 6.73. The van der Waals surface area contributed by atoms with E-state index in [1.165, 1.54) is 0 Å². The highest BCUT2D eigenvalue weighted by Crippen LogP contribution is 2.22. The second-order valence-corrected chi connectivity index (χ2v) is 4.94. The van der Waals surface area contributed by atoms with E-state index in [1.54, 1.807) is 18.2 Å². The molecule has 0 fully saturated rings. The zero-order valence-electron chi connectivity index (χ0n) is 11.2. The van der Waals surface area contributed by atoms with Crippen molar-refractivity contribution in [3.05, 3.63) is 28.8 Å². The van der Waals surface area contributed by atoms with Crippen molar-refractivity contribution >= 4 is 23.2 Å². The topological polar surface area (TPSA) is 55.1 Å². The molecule has 1 aromatic carbocycles. The molecule has 1 rings (SSSR count). The molecule has 3 N–H and O–H groups in total. The van der Waals surface area contributed by atoms with Crippen molar-refractivity contribution in [3.63, 3.8) is 0 Å². The lowest BCUT2D eigenvalue weighted by Gasteiger charge is -2.31. The number of carbonyl (C=O) groups excluding carboxylic acids is 1. The van der Waals surface area contributed by atoms with Crippen LogP contribution in [-0.2, 0) is 0 Å². The molecule has 0 unspecified atom stereocenters. The van der Waals surface area contributed by atoms with Crippen molar-refractivity contribution < 1.29 is 4.79 Å². The number of nitrogens with two attached hydrogens (primary N) is 1. The van der Waals surface area contributed by atoms with Gasteiger partial charge in [-0.05, 0) is 37.5 Å². The minimum absolute atomic E-state index is 0.0950. The molecule has 0 radical (unpaired) electrons. The van der Waals surface area contributed by atoms with Gasteiger partial charge in [0.05, 0.1) is 10.7 Å². The molecule has 0 atom stereocenters. The summed E-state index contributed by atoms with van der Waals surface area (Å²) in [4.78, 5) is 12.2. The summed E-state index contributed by atoms with van der Waals surface area (Å²) in [6.45, 7) is 6.26. The average molecular weight is 269 g/mol. The molecule has 0 aliphatic rings. The molecule has 0 aromatic heterocycles. The van der Waals surface area contributed by atoms with Crippen LogP contribution in [0.4, 0.5) is 5.69 Å². The second kappa shape index (κ2) is 6.10. The number of carbonyl (C=O) groups is 1. The maximum Gasteiger partial charge on any atom is 0.251 e. The molecule has 0 bridgehead atoms. The quantitative estimate of drug-likeness (QED) is 0.802. The normalized spacial score (nSPS) is 11.3. The Kier molecular flexibility index (Phi) is 5.03. The number of hydrogen-bond acceptors (Lipinski definition) is 2. The summed E-state index contributed by atoms with van der Waals surface area (Å²) in [5.41, 5.74) is 6.53. The highest BCUT2D eigenvalue weighted by atomic mass is 35.5. The van der Waals surface area contributed by atoms with Crippen molar-refractivity contribution in [1.29, 1.82) is 0 Å². The Labute approximate surface area is 114 Å². The minimum Gasteiger partial charge on any atom is -0.398 e. The van der Waals surface area contributed by atoms with E-state index in [0.29, 0.717) is 16.3 Å². The van der Waals surface area contributed by atoms with Gasteiger partial charge in [0.2, 0.25) is 0 Å². The van der Waals surface area contributed by atoms with Gasteiger partial charge in [-0.2, -0.15) is 0 Å². The Morgan fingerprint density at radius 1 is 1.28 bits per heavy atom. The van der Waals surface area contributed by atoms with Crippen LogP contribution >= 0.6 is 11.6 Å². The van der Waals surface area contributed by atoms with Gasteiger partial charge >= 0.3 is 0 Å². The van der Waals surface area contributed by atoms with Crippen LogP contribution in [0.15, 0.2) is 18.2 Å². The van der Waals surface area contributed by atoms with Crippen LogP contribution in [0.2, 0.25) is 5.02 Å². The van der Waals surface area contributed by atoms with Gasteiger partial charge in [-0.25, -0.2) is 0 Å². The lowest BCUT2D eigenvalue weighted by molar-refractivity contribution is 0.0888. The predicted octanol–water partition coefficient (Wildman–Crippen LogP) is 3.62. The summed E-state index contributed by atoms with van der Waals surface area (Å²) < 4.78 is 0. The zero-order valence-corrected chi connectivity index (χ0v) is 12.0. The zero-order chi connectivity index (χ0) is 13.8. The fraction of sp³-hybridized carbons (Fsp3) is 0.500. The Bertz CT molecular complexity index is 420. The van der Waals surface area contributed by atoms with E-state index in [-0.39, 0.29) is 11.4 Å². The monoisotopic (exact) mass is 268 g/mol. The first-order chi connectivity index (χ1) is 8.48. The highest BCUT2D eigenvalue weighted by Gasteiger charge is 2.26. The number of hydrogen-bond donors (Lipinski definition) is 2. The van der Waals surface area contributed by atoms with Crippen molar-refractivity contribution in [1.82, 2.24) is 5.32 Å². The summed E-state index contributed by atoms with van der Waals surface area (Å²) in [5.74, 6) is -0.0950. The fourth-order valence-corrected chi connectivity index (χ4v) is 2.18. The van der Waals surface area contributed by atoms with E-state index >= 15 is 0 Å². The molecule has 0 aliphatic carbocycles. The Morgan fingerprint density at radius 2 is 1.83 bits per heavy atom. The number of rotatable bonds is 5. The molecule has 0 spiro atoms. The number of nitrogens with one attached hydrogen (secondary N) is 1. The molecular weight excluding hydrogens is 248 g/mol. The van der Waals surface area contributed by atoms with Crippen LogP contribution < -0.4 is 11.1 Å². The summed E-state index contributed by atoms with van der Waals surface area (Å²) in [5, 5.41) is 3.52. The lowest BCUT2D eigenvalue weighted by atomic mass is 9.89. The Morgan fingerprint density at radius 3 is 2.28 bits per heavy atom. The smallest absolute Gasteiger partial charge is 0.251 e. The van der Waals surface area contributed by atoms with E-state index in [2.05, 4.69) is 26.1 Å². The third kappa shape index (κ3) is 3.16. The molecule has 18 heavy (non-hydrogen) atoms. The maximum absolute atomic E-state index is 12.2. The molecule has 0 heterocycles. The number of nitrogen functional groups attached to an aromatic ring is 1. The van der Waals surface area contributed by atoms with Gasteiger partial charge in [-0.3, -0.25) is 4.79 Å². The number of benzene rings is 1. The Balaban J connectivity index is 2.90. The summed E-state index contributed by atoms with van der Waals surface area (Å²) in [6.07, 6.45) is 2.73. The van der Waals surface area contributed by atoms with E-state index in [4.69, 9.17) is 17.3 Å². The summed E-state index contributed by atoms with van der Waals surface area (Å²) in [6, 6.07) is 4.96. The standard InChI is InChI=1S/C14H21ClN2O/c1-4-14(5-2,6-3)17-13(18)10-7-8-12(16)11(15)9-10/h7-9H,4-6,16H2,1-3H3,(H,17,18). The van der Waals surface area contributed by atoms with Crippen LogP contribution in [0.1, 0.15) is 50.4 Å². The average Bonchev–Trinajstić information content (AvgIpc) is 2.39. The summed E-state index contributed by atoms with van der Waals surface area (Å²) in [7, 11) is 0. The largest absolute Gasteiger partial charge is 0.398 e. The van der Waals surface area contributed by atoms with Gasteiger partial charge < -0.3 is 11.1 Å². The lowest BCUT2D eigenvalue weighted by Crippen LogP contribution is -2.47. The van der Waals surface area contributed by atoms with E-state index < -0.39 is 0 Å². The maximum atomic E-state index is 12.2. The predicted molar refractivity (Wildman–Crippen MR) is 76.9 cm³/mol. The molecule has 3 nitrogen and oxygen atoms in total. The fourth-order valence-electron chi connectivity index (χ4n) is 2.00. The number of halogens is 1. The minimum atomic E-state index is -0.134. The molecule has 1 aromatic rings. The molecule has 1 amide bonds. The second-order valence-electron chi connectivity index (χ2n) is 4.53. The van der Waals surface area contributed by atoms with Crippen molar-refractivity contribution in [2.45, 2.75) is 45.6 Å². The van der Waals surface area contributed by atoms with Crippen LogP contribution in [0, 0.1) is 0 Å². The SMILES string of the molecule is CCC(CC)(CC)NC(=O)c1ccc(N)c(Cl)c1. The molecule has 0 saturated heterocycles. The third-order valence-electron chi connectivity index (χ3n) is 3.67. The molecule has 100 valence electrons. The summed E-state index contributed by atoms with van der Waals surface area (Å²) >= 11 is 5.93. The van der Waals surface area contributed by atoms with Gasteiger partial charge in [0.25, 0.3) is 5.91 Å². The number of amides is 1. The van der Waals surface area contributed by atoms with Crippen LogP contribution in [0.25, 0.3) is 0 Å². The van der Waals surface area contributed by atoms with Gasteiger partial charge in [0.15, 0.2) is 0 Å². The third-order valence-corrected chi connectivity index (χ3v) is 4.00. The Hall–Kier alpha value is -1.22. The molecule has 0 saturated carbocycles. The highest BCUT2D eigenvalue weighted by molar-refractivity contribution is 6.33. The van der Waals surface area contributed by atoms with Crippen molar-refractivity contribution in [2.75, 3.05) is 5.73 Å². The van der Waals surface area contributed by atoms with Gasteiger partial charge in [-0.15, -0.1) is 0 Å². The van der Waals surface area contributed by atoms with Gasteiger partial charge in [0, 0.05) is 11.1 Å². The van der Waals surface area contributed by atoms with E-state index in [9.17, 15) is 4.79 Å². The molecule has 0 aliphatic heterocycles. The van der Waals surface area contributed by atoms with E-state index in [0.717, 1.165) is 19.3 Å². The van der Waals surface area contributed by atoms with Crippen LogP contribution in [0.3, 0.4) is 0 Å². The number of anilines is 1. The van der Waals surface area contributed by atoms with Gasteiger partial charge in [-0.1, -0.05) is 32.4 Å². The molecular formula is C14H21ClN2O. The first-order valence-electron chi connectivity index (χ1n) is 6.35. The van der Waals surface area contributed by atoms with Crippen LogP contribution in [0.5, 0.6) is 0 Å². The van der Waals surface area contributed by atoms with Crippen molar-refractivity contribution in [3.8, 4) is 0 Å². The van der Waals surface area contributed by atoms with E-state index in [1.807, 2.05) is 0 Å².